The zero-order chi connectivity index (χ0) is 10.4. The molecule has 0 fully saturated rings. The van der Waals surface area contributed by atoms with Crippen molar-refractivity contribution in [2.75, 3.05) is 12.5 Å². The van der Waals surface area contributed by atoms with Gasteiger partial charge in [-0.25, -0.2) is 9.78 Å². The van der Waals surface area contributed by atoms with Crippen LogP contribution in [0.5, 0.6) is 0 Å². The van der Waals surface area contributed by atoms with Crippen molar-refractivity contribution in [2.45, 2.75) is 19.8 Å². The van der Waals surface area contributed by atoms with Crippen LogP contribution in [0.25, 0.3) is 0 Å². The van der Waals surface area contributed by atoms with E-state index in [1.54, 1.807) is 12.4 Å². The lowest BCUT2D eigenvalue weighted by Crippen LogP contribution is -2.07. The molecule has 14 heavy (non-hydrogen) atoms. The van der Waals surface area contributed by atoms with Gasteiger partial charge in [0.25, 0.3) is 0 Å². The van der Waals surface area contributed by atoms with Gasteiger partial charge in [-0.2, -0.15) is 0 Å². The summed E-state index contributed by atoms with van der Waals surface area (Å²) in [7, 11) is 0. The van der Waals surface area contributed by atoms with Gasteiger partial charge in [0.15, 0.2) is 5.69 Å². The molecule has 0 saturated carbocycles. The maximum Gasteiger partial charge on any atom is 0.358 e. The number of aromatic nitrogens is 1. The molecule has 1 heterocycles. The molecule has 1 rings (SSSR count). The highest BCUT2D eigenvalue weighted by Gasteiger charge is 2.14. The van der Waals surface area contributed by atoms with E-state index in [0.29, 0.717) is 18.2 Å². The molecular formula is C9H12ClNO2S. The maximum absolute atomic E-state index is 11.4. The number of hydrogen-bond acceptors (Lipinski definition) is 4. The van der Waals surface area contributed by atoms with Crippen LogP contribution in [0, 0.1) is 0 Å². The molecular weight excluding hydrogens is 222 g/mol. The number of hydrogen-bond donors (Lipinski definition) is 0. The Morgan fingerprint density at radius 1 is 1.71 bits per heavy atom. The van der Waals surface area contributed by atoms with Crippen LogP contribution in [0.1, 0.15) is 28.7 Å². The normalized spacial score (nSPS) is 10.1. The van der Waals surface area contributed by atoms with Gasteiger partial charge < -0.3 is 4.74 Å². The summed E-state index contributed by atoms with van der Waals surface area (Å²) >= 11 is 7.05. The summed E-state index contributed by atoms with van der Waals surface area (Å²) in [6.45, 7) is 2.16. The van der Waals surface area contributed by atoms with Crippen LogP contribution in [0.3, 0.4) is 0 Å². The summed E-state index contributed by atoms with van der Waals surface area (Å²) in [6.07, 6.45) is 1.65. The fourth-order valence-electron chi connectivity index (χ4n) is 1.04. The fraction of sp³-hybridized carbons (Fsp3) is 0.556. The Labute approximate surface area is 92.1 Å². The first-order chi connectivity index (χ1) is 6.79. The number of carbonyl (C=O) groups excluding carboxylic acids is 1. The predicted octanol–water partition coefficient (Wildman–Crippen LogP) is 2.49. The van der Waals surface area contributed by atoms with Gasteiger partial charge >= 0.3 is 5.97 Å². The van der Waals surface area contributed by atoms with Crippen molar-refractivity contribution in [3.63, 3.8) is 0 Å². The van der Waals surface area contributed by atoms with Gasteiger partial charge in [0.05, 0.1) is 12.1 Å². The molecule has 5 heteroatoms. The third-order valence-electron chi connectivity index (χ3n) is 1.65. The molecule has 1 aromatic heterocycles. The van der Waals surface area contributed by atoms with E-state index in [0.717, 1.165) is 17.7 Å². The molecule has 0 spiro atoms. The van der Waals surface area contributed by atoms with Gasteiger partial charge in [-0.05, 0) is 19.8 Å². The van der Waals surface area contributed by atoms with Crippen molar-refractivity contribution < 1.29 is 9.53 Å². The van der Waals surface area contributed by atoms with Crippen LogP contribution in [0.2, 0.25) is 0 Å². The van der Waals surface area contributed by atoms with E-state index in [1.807, 2.05) is 0 Å². The van der Waals surface area contributed by atoms with Crippen LogP contribution < -0.4 is 0 Å². The Balaban J connectivity index is 2.66. The molecule has 0 amide bonds. The van der Waals surface area contributed by atoms with Crippen molar-refractivity contribution in [3.8, 4) is 0 Å². The zero-order valence-electron chi connectivity index (χ0n) is 7.96. The van der Waals surface area contributed by atoms with Crippen molar-refractivity contribution in [1.29, 1.82) is 0 Å². The van der Waals surface area contributed by atoms with Crippen molar-refractivity contribution in [1.82, 2.24) is 4.98 Å². The third-order valence-corrected chi connectivity index (χ3v) is 2.81. The number of rotatable bonds is 5. The van der Waals surface area contributed by atoms with Gasteiger partial charge in [0.1, 0.15) is 0 Å². The van der Waals surface area contributed by atoms with E-state index < -0.39 is 0 Å². The molecule has 0 unspecified atom stereocenters. The molecule has 0 N–H and O–H groups in total. The summed E-state index contributed by atoms with van der Waals surface area (Å²) in [5.74, 6) is 0.262. The first-order valence-corrected chi connectivity index (χ1v) is 5.86. The van der Waals surface area contributed by atoms with Crippen LogP contribution >= 0.6 is 22.9 Å². The standard InChI is InChI=1S/C9H12ClNO2S/c1-2-13-9(12)8-7(4-3-5-10)14-6-11-8/h6H,2-5H2,1H3. The highest BCUT2D eigenvalue weighted by atomic mass is 35.5. The molecule has 0 aliphatic heterocycles. The van der Waals surface area contributed by atoms with E-state index in [9.17, 15) is 4.79 Å². The second-order valence-corrected chi connectivity index (χ2v) is 3.95. The van der Waals surface area contributed by atoms with Crippen molar-refractivity contribution in [2.24, 2.45) is 0 Å². The highest BCUT2D eigenvalue weighted by Crippen LogP contribution is 2.16. The summed E-state index contributed by atoms with van der Waals surface area (Å²) in [5.41, 5.74) is 2.11. The summed E-state index contributed by atoms with van der Waals surface area (Å²) in [4.78, 5) is 16.3. The lowest BCUT2D eigenvalue weighted by molar-refractivity contribution is 0.0519. The van der Waals surface area contributed by atoms with Crippen molar-refractivity contribution in [3.05, 3.63) is 16.1 Å². The topological polar surface area (TPSA) is 39.2 Å². The molecule has 3 nitrogen and oxygen atoms in total. The highest BCUT2D eigenvalue weighted by molar-refractivity contribution is 7.09. The molecule has 0 aromatic carbocycles. The van der Waals surface area contributed by atoms with Crippen LogP contribution in [-0.4, -0.2) is 23.4 Å². The average Bonchev–Trinajstić information content (AvgIpc) is 2.63. The number of halogens is 1. The number of esters is 1. The van der Waals surface area contributed by atoms with E-state index in [2.05, 4.69) is 4.98 Å². The smallest absolute Gasteiger partial charge is 0.358 e. The first kappa shape index (κ1) is 11.5. The summed E-state index contributed by atoms with van der Waals surface area (Å²) in [6, 6.07) is 0. The number of carbonyl (C=O) groups is 1. The number of aryl methyl sites for hydroxylation is 1. The number of alkyl halides is 1. The summed E-state index contributed by atoms with van der Waals surface area (Å²) in [5, 5.41) is 0. The quantitative estimate of drug-likeness (QED) is 0.580. The van der Waals surface area contributed by atoms with Crippen molar-refractivity contribution >= 4 is 28.9 Å². The summed E-state index contributed by atoms with van der Waals surface area (Å²) < 4.78 is 4.88. The lowest BCUT2D eigenvalue weighted by Gasteiger charge is -2.00. The minimum atomic E-state index is -0.335. The van der Waals surface area contributed by atoms with Gasteiger partial charge in [-0.1, -0.05) is 0 Å². The molecule has 0 saturated heterocycles. The largest absolute Gasteiger partial charge is 0.461 e. The third kappa shape index (κ3) is 2.96. The Morgan fingerprint density at radius 2 is 2.50 bits per heavy atom. The molecule has 0 atom stereocenters. The van der Waals surface area contributed by atoms with Gasteiger partial charge in [0.2, 0.25) is 0 Å². The second-order valence-electron chi connectivity index (χ2n) is 2.64. The molecule has 0 aliphatic rings. The van der Waals surface area contributed by atoms with E-state index >= 15 is 0 Å². The molecule has 1 aromatic rings. The molecule has 0 aliphatic carbocycles. The minimum absolute atomic E-state index is 0.335. The lowest BCUT2D eigenvalue weighted by atomic mass is 10.2. The minimum Gasteiger partial charge on any atom is -0.461 e. The SMILES string of the molecule is CCOC(=O)c1ncsc1CCCCl. The van der Waals surface area contributed by atoms with Crippen LogP contribution in [-0.2, 0) is 11.2 Å². The van der Waals surface area contributed by atoms with Gasteiger partial charge in [0, 0.05) is 10.8 Å². The number of nitrogens with zero attached hydrogens (tertiary/aromatic N) is 1. The van der Waals surface area contributed by atoms with E-state index in [4.69, 9.17) is 16.3 Å². The number of ether oxygens (including phenoxy) is 1. The van der Waals surface area contributed by atoms with Gasteiger partial charge in [-0.3, -0.25) is 0 Å². The van der Waals surface area contributed by atoms with Crippen LogP contribution in [0.15, 0.2) is 5.51 Å². The second kappa shape index (κ2) is 5.98. The molecule has 78 valence electrons. The number of thiazole rings is 1. The Bertz CT molecular complexity index is 301. The Morgan fingerprint density at radius 3 is 3.14 bits per heavy atom. The molecule has 0 bridgehead atoms. The van der Waals surface area contributed by atoms with Crippen LogP contribution in [0.4, 0.5) is 0 Å². The monoisotopic (exact) mass is 233 g/mol. The zero-order valence-corrected chi connectivity index (χ0v) is 9.53. The van der Waals surface area contributed by atoms with E-state index in [1.165, 1.54) is 11.3 Å². The Kier molecular flexibility index (Phi) is 4.90. The fourth-order valence-corrected chi connectivity index (χ4v) is 1.97. The van der Waals surface area contributed by atoms with Gasteiger partial charge in [-0.15, -0.1) is 22.9 Å². The average molecular weight is 234 g/mol. The van der Waals surface area contributed by atoms with E-state index in [-0.39, 0.29) is 5.97 Å². The Hall–Kier alpha value is -0.610. The first-order valence-electron chi connectivity index (χ1n) is 4.45. The molecule has 0 radical (unpaired) electrons. The maximum atomic E-state index is 11.4. The predicted molar refractivity (Wildman–Crippen MR) is 57.1 cm³/mol.